The average molecular weight is 338 g/mol. The number of rotatable bonds is 4. The molecule has 0 aromatic carbocycles. The summed E-state index contributed by atoms with van der Waals surface area (Å²) in [5, 5.41) is 5.27. The van der Waals surface area contributed by atoms with Gasteiger partial charge in [0.2, 0.25) is 5.95 Å². The molecule has 23 heavy (non-hydrogen) atoms. The monoisotopic (exact) mass is 337 g/mol. The van der Waals surface area contributed by atoms with Crippen LogP contribution in [-0.2, 0) is 6.54 Å². The van der Waals surface area contributed by atoms with Crippen molar-refractivity contribution >= 4 is 17.4 Å². The number of aryl methyl sites for hydroxylation is 1. The SMILES string of the molecule is Cc1nn(CC(C)C)c(Cl)c1C1CCCN1c1cc(F)ncn1. The summed E-state index contributed by atoms with van der Waals surface area (Å²) in [5.41, 5.74) is 1.96. The highest BCUT2D eigenvalue weighted by Gasteiger charge is 2.32. The van der Waals surface area contributed by atoms with Gasteiger partial charge in [-0.1, -0.05) is 25.4 Å². The molecule has 3 heterocycles. The van der Waals surface area contributed by atoms with Crippen molar-refractivity contribution in [2.45, 2.75) is 46.2 Å². The Morgan fingerprint density at radius 2 is 2.17 bits per heavy atom. The van der Waals surface area contributed by atoms with E-state index in [9.17, 15) is 4.39 Å². The molecule has 1 aliphatic rings. The van der Waals surface area contributed by atoms with Crippen LogP contribution in [0.3, 0.4) is 0 Å². The summed E-state index contributed by atoms with van der Waals surface area (Å²) in [5.74, 6) is 0.557. The van der Waals surface area contributed by atoms with Crippen molar-refractivity contribution in [2.24, 2.45) is 5.92 Å². The second kappa shape index (κ2) is 6.43. The van der Waals surface area contributed by atoms with Gasteiger partial charge in [0, 0.05) is 24.7 Å². The van der Waals surface area contributed by atoms with Gasteiger partial charge in [-0.15, -0.1) is 0 Å². The molecule has 0 aliphatic carbocycles. The fraction of sp³-hybridized carbons (Fsp3) is 0.562. The summed E-state index contributed by atoms with van der Waals surface area (Å²) in [7, 11) is 0. The van der Waals surface area contributed by atoms with Crippen LogP contribution in [0.2, 0.25) is 5.15 Å². The molecule has 1 unspecified atom stereocenters. The normalized spacial score (nSPS) is 18.2. The van der Waals surface area contributed by atoms with Crippen LogP contribution in [-0.4, -0.2) is 26.3 Å². The zero-order valence-corrected chi connectivity index (χ0v) is 14.4. The maximum absolute atomic E-state index is 13.4. The maximum atomic E-state index is 13.4. The fourth-order valence-electron chi connectivity index (χ4n) is 3.23. The van der Waals surface area contributed by atoms with Crippen LogP contribution in [0.5, 0.6) is 0 Å². The van der Waals surface area contributed by atoms with Crippen molar-refractivity contribution in [3.8, 4) is 0 Å². The molecule has 0 bridgehead atoms. The topological polar surface area (TPSA) is 46.8 Å². The molecule has 7 heteroatoms. The largest absolute Gasteiger partial charge is 0.349 e. The lowest BCUT2D eigenvalue weighted by Crippen LogP contribution is -2.24. The zero-order valence-electron chi connectivity index (χ0n) is 13.6. The molecule has 1 saturated heterocycles. The number of halogens is 2. The molecule has 2 aromatic rings. The summed E-state index contributed by atoms with van der Waals surface area (Å²) in [6, 6.07) is 1.46. The second-order valence-corrected chi connectivity index (χ2v) is 6.77. The number of nitrogens with zero attached hydrogens (tertiary/aromatic N) is 5. The summed E-state index contributed by atoms with van der Waals surface area (Å²) >= 11 is 6.60. The summed E-state index contributed by atoms with van der Waals surface area (Å²) in [6.07, 6.45) is 3.23. The molecular weight excluding hydrogens is 317 g/mol. The predicted octanol–water partition coefficient (Wildman–Crippen LogP) is 3.77. The molecule has 1 fully saturated rings. The lowest BCUT2D eigenvalue weighted by atomic mass is 10.1. The lowest BCUT2D eigenvalue weighted by Gasteiger charge is -2.25. The summed E-state index contributed by atoms with van der Waals surface area (Å²) in [4.78, 5) is 9.85. The zero-order chi connectivity index (χ0) is 16.6. The Balaban J connectivity index is 1.96. The van der Waals surface area contributed by atoms with Gasteiger partial charge in [-0.25, -0.2) is 9.97 Å². The van der Waals surface area contributed by atoms with Crippen molar-refractivity contribution < 1.29 is 4.39 Å². The Hall–Kier alpha value is -1.69. The molecule has 0 amide bonds. The fourth-order valence-corrected chi connectivity index (χ4v) is 3.60. The Bertz CT molecular complexity index is 700. The summed E-state index contributed by atoms with van der Waals surface area (Å²) in [6.45, 7) is 7.87. The van der Waals surface area contributed by atoms with Crippen LogP contribution in [0, 0.1) is 18.8 Å². The van der Waals surface area contributed by atoms with Crippen LogP contribution < -0.4 is 4.90 Å². The maximum Gasteiger partial charge on any atom is 0.218 e. The first-order valence-corrected chi connectivity index (χ1v) is 8.32. The van der Waals surface area contributed by atoms with E-state index in [-0.39, 0.29) is 6.04 Å². The van der Waals surface area contributed by atoms with Gasteiger partial charge in [0.25, 0.3) is 0 Å². The molecule has 0 N–H and O–H groups in total. The minimum atomic E-state index is -0.515. The van der Waals surface area contributed by atoms with Crippen molar-refractivity contribution in [1.29, 1.82) is 0 Å². The van der Waals surface area contributed by atoms with E-state index in [4.69, 9.17) is 11.6 Å². The van der Waals surface area contributed by atoms with E-state index in [0.717, 1.165) is 37.2 Å². The first-order valence-electron chi connectivity index (χ1n) is 7.94. The van der Waals surface area contributed by atoms with Crippen LogP contribution >= 0.6 is 11.6 Å². The third kappa shape index (κ3) is 3.17. The molecule has 3 rings (SSSR count). The van der Waals surface area contributed by atoms with E-state index in [1.54, 1.807) is 0 Å². The predicted molar refractivity (Wildman–Crippen MR) is 88.1 cm³/mol. The molecule has 1 atom stereocenters. The van der Waals surface area contributed by atoms with Gasteiger partial charge in [0.1, 0.15) is 17.3 Å². The van der Waals surface area contributed by atoms with Crippen molar-refractivity contribution in [2.75, 3.05) is 11.4 Å². The second-order valence-electron chi connectivity index (χ2n) is 6.42. The molecule has 0 saturated carbocycles. The number of hydrogen-bond acceptors (Lipinski definition) is 4. The first-order chi connectivity index (χ1) is 11.0. The van der Waals surface area contributed by atoms with Crippen LogP contribution in [0.1, 0.15) is 44.0 Å². The Morgan fingerprint density at radius 1 is 1.39 bits per heavy atom. The van der Waals surface area contributed by atoms with Gasteiger partial charge in [-0.2, -0.15) is 9.49 Å². The Morgan fingerprint density at radius 3 is 2.87 bits per heavy atom. The summed E-state index contributed by atoms with van der Waals surface area (Å²) < 4.78 is 15.3. The van der Waals surface area contributed by atoms with Crippen molar-refractivity contribution in [1.82, 2.24) is 19.7 Å². The quantitative estimate of drug-likeness (QED) is 0.797. The van der Waals surface area contributed by atoms with Gasteiger partial charge in [0.15, 0.2) is 0 Å². The number of hydrogen-bond donors (Lipinski definition) is 0. The van der Waals surface area contributed by atoms with Crippen LogP contribution in [0.4, 0.5) is 10.2 Å². The van der Waals surface area contributed by atoms with E-state index >= 15 is 0 Å². The van der Waals surface area contributed by atoms with Crippen LogP contribution in [0.25, 0.3) is 0 Å². The van der Waals surface area contributed by atoms with Gasteiger partial charge >= 0.3 is 0 Å². The first kappa shape index (κ1) is 16.2. The van der Waals surface area contributed by atoms with Crippen molar-refractivity contribution in [3.63, 3.8) is 0 Å². The molecular formula is C16H21ClFN5. The average Bonchev–Trinajstić information content (AvgIpc) is 3.04. The van der Waals surface area contributed by atoms with E-state index < -0.39 is 5.95 Å². The smallest absolute Gasteiger partial charge is 0.218 e. The van der Waals surface area contributed by atoms with Gasteiger partial charge < -0.3 is 4.90 Å². The standard InChI is InChI=1S/C16H21ClFN5/c1-10(2)8-23-16(17)15(11(3)21-23)12-5-4-6-22(12)14-7-13(18)19-9-20-14/h7,9-10,12H,4-6,8H2,1-3H3. The molecule has 124 valence electrons. The highest BCUT2D eigenvalue weighted by molar-refractivity contribution is 6.30. The third-order valence-electron chi connectivity index (χ3n) is 4.15. The Labute approximate surface area is 140 Å². The van der Waals surface area contributed by atoms with Crippen molar-refractivity contribution in [3.05, 3.63) is 34.8 Å². The molecule has 1 aliphatic heterocycles. The third-order valence-corrected chi connectivity index (χ3v) is 4.55. The van der Waals surface area contributed by atoms with E-state index in [0.29, 0.717) is 16.9 Å². The van der Waals surface area contributed by atoms with E-state index in [2.05, 4.69) is 33.8 Å². The van der Waals surface area contributed by atoms with E-state index in [1.807, 2.05) is 11.6 Å². The minimum absolute atomic E-state index is 0.0812. The molecule has 5 nitrogen and oxygen atoms in total. The molecule has 0 radical (unpaired) electrons. The van der Waals surface area contributed by atoms with Crippen LogP contribution in [0.15, 0.2) is 12.4 Å². The highest BCUT2D eigenvalue weighted by atomic mass is 35.5. The molecule has 0 spiro atoms. The Kier molecular flexibility index (Phi) is 4.53. The van der Waals surface area contributed by atoms with E-state index in [1.165, 1.54) is 12.4 Å². The molecule has 2 aromatic heterocycles. The number of anilines is 1. The van der Waals surface area contributed by atoms with Gasteiger partial charge in [-0.3, -0.25) is 4.68 Å². The minimum Gasteiger partial charge on any atom is -0.349 e. The van der Waals surface area contributed by atoms with Gasteiger partial charge in [-0.05, 0) is 25.7 Å². The van der Waals surface area contributed by atoms with Gasteiger partial charge in [0.05, 0.1) is 11.7 Å². The highest BCUT2D eigenvalue weighted by Crippen LogP contribution is 2.39. The number of aromatic nitrogens is 4. The lowest BCUT2D eigenvalue weighted by molar-refractivity contribution is 0.481.